The second-order valence-electron chi connectivity index (χ2n) is 9.17. The zero-order valence-electron chi connectivity index (χ0n) is 21.0. The molecule has 3 heterocycles. The number of ether oxygens (including phenoxy) is 3. The largest absolute Gasteiger partial charge is 0.438 e. The molecule has 1 atom stereocenters. The molecule has 1 N–H and O–H groups in total. The third-order valence-corrected chi connectivity index (χ3v) is 8.16. The van der Waals surface area contributed by atoms with Crippen molar-refractivity contribution >= 4 is 21.6 Å². The fraction of sp³-hybridized carbons (Fsp3) is 0.565. The fourth-order valence-electron chi connectivity index (χ4n) is 4.21. The average Bonchev–Trinajstić information content (AvgIpc) is 3.51. The van der Waals surface area contributed by atoms with Crippen LogP contribution in [-0.4, -0.2) is 78.9 Å². The van der Waals surface area contributed by atoms with Crippen LogP contribution in [0.2, 0.25) is 0 Å². The smallest absolute Gasteiger partial charge is 0.272 e. The lowest BCUT2D eigenvalue weighted by molar-refractivity contribution is -0.385. The van der Waals surface area contributed by atoms with Gasteiger partial charge in [-0.05, 0) is 39.7 Å². The first-order valence-electron chi connectivity index (χ1n) is 12.1. The molecular formula is C23H31N5O8S. The van der Waals surface area contributed by atoms with Crippen LogP contribution < -0.4 is 10.1 Å². The maximum Gasteiger partial charge on any atom is 0.272 e. The Labute approximate surface area is 214 Å². The second-order valence-corrected chi connectivity index (χ2v) is 11.1. The summed E-state index contributed by atoms with van der Waals surface area (Å²) in [4.78, 5) is 23.3. The van der Waals surface area contributed by atoms with Gasteiger partial charge in [0.15, 0.2) is 5.69 Å². The van der Waals surface area contributed by atoms with Crippen molar-refractivity contribution in [2.24, 2.45) is 0 Å². The van der Waals surface area contributed by atoms with Crippen LogP contribution in [0.5, 0.6) is 11.6 Å². The number of nitrogens with zero attached hydrogens (tertiary/aromatic N) is 4. The molecule has 0 saturated carbocycles. The molecule has 1 aromatic heterocycles. The molecule has 2 saturated heterocycles. The van der Waals surface area contributed by atoms with Crippen molar-refractivity contribution in [2.45, 2.75) is 50.7 Å². The third kappa shape index (κ3) is 5.76. The molecule has 202 valence electrons. The molecule has 0 radical (unpaired) electrons. The molecule has 4 rings (SSSR count). The highest BCUT2D eigenvalue weighted by atomic mass is 32.2. The molecule has 0 bridgehead atoms. The highest BCUT2D eigenvalue weighted by Crippen LogP contribution is 2.37. The summed E-state index contributed by atoms with van der Waals surface area (Å²) in [5.74, 6) is -0.333. The molecule has 13 nitrogen and oxygen atoms in total. The van der Waals surface area contributed by atoms with Crippen LogP contribution in [0.25, 0.3) is 0 Å². The van der Waals surface area contributed by atoms with Crippen LogP contribution in [-0.2, 0) is 19.5 Å². The molecule has 14 heteroatoms. The van der Waals surface area contributed by atoms with Crippen molar-refractivity contribution < 1.29 is 32.3 Å². The second kappa shape index (κ2) is 11.1. The summed E-state index contributed by atoms with van der Waals surface area (Å²) in [5, 5.41) is 18.7. The minimum Gasteiger partial charge on any atom is -0.438 e. The highest BCUT2D eigenvalue weighted by Gasteiger charge is 2.33. The van der Waals surface area contributed by atoms with E-state index < -0.39 is 20.9 Å². The Morgan fingerprint density at radius 2 is 2.03 bits per heavy atom. The van der Waals surface area contributed by atoms with Gasteiger partial charge in [0.25, 0.3) is 11.6 Å². The lowest BCUT2D eigenvalue weighted by atomic mass is 10.2. The molecular weight excluding hydrogens is 506 g/mol. The van der Waals surface area contributed by atoms with E-state index in [2.05, 4.69) is 10.4 Å². The van der Waals surface area contributed by atoms with Gasteiger partial charge < -0.3 is 19.5 Å². The predicted molar refractivity (Wildman–Crippen MR) is 131 cm³/mol. The number of benzene rings is 1. The van der Waals surface area contributed by atoms with Gasteiger partial charge in [0.05, 0.1) is 30.3 Å². The maximum atomic E-state index is 13.5. The van der Waals surface area contributed by atoms with Crippen LogP contribution in [0.4, 0.5) is 5.69 Å². The van der Waals surface area contributed by atoms with Gasteiger partial charge in [-0.3, -0.25) is 14.9 Å². The van der Waals surface area contributed by atoms with Crippen LogP contribution in [0.3, 0.4) is 0 Å². The number of amides is 1. The lowest BCUT2D eigenvalue weighted by Gasteiger charge is -2.26. The van der Waals surface area contributed by atoms with Crippen molar-refractivity contribution in [1.29, 1.82) is 0 Å². The van der Waals surface area contributed by atoms with Gasteiger partial charge in [-0.1, -0.05) is 0 Å². The van der Waals surface area contributed by atoms with E-state index in [0.29, 0.717) is 18.7 Å². The van der Waals surface area contributed by atoms with Gasteiger partial charge in [-0.15, -0.1) is 0 Å². The maximum absolute atomic E-state index is 13.5. The topological polar surface area (TPSA) is 155 Å². The Morgan fingerprint density at radius 3 is 2.65 bits per heavy atom. The Morgan fingerprint density at radius 1 is 1.30 bits per heavy atom. The summed E-state index contributed by atoms with van der Waals surface area (Å²) in [6.45, 7) is 7.03. The van der Waals surface area contributed by atoms with E-state index in [4.69, 9.17) is 14.2 Å². The van der Waals surface area contributed by atoms with E-state index in [1.807, 2.05) is 13.8 Å². The van der Waals surface area contributed by atoms with Gasteiger partial charge in [-0.25, -0.2) is 13.1 Å². The van der Waals surface area contributed by atoms with Crippen molar-refractivity contribution in [1.82, 2.24) is 19.4 Å². The number of sulfonamides is 1. The number of carbonyl (C=O) groups excluding carboxylic acids is 1. The van der Waals surface area contributed by atoms with E-state index in [0.717, 1.165) is 18.9 Å². The minimum atomic E-state index is -4.14. The Balaban J connectivity index is 1.69. The van der Waals surface area contributed by atoms with Gasteiger partial charge >= 0.3 is 0 Å². The highest BCUT2D eigenvalue weighted by molar-refractivity contribution is 7.89. The number of non-ortho nitro benzene ring substituents is 1. The fourth-order valence-corrected chi connectivity index (χ4v) is 5.75. The van der Waals surface area contributed by atoms with Crippen LogP contribution in [0.15, 0.2) is 23.1 Å². The van der Waals surface area contributed by atoms with E-state index in [-0.39, 0.29) is 66.4 Å². The summed E-state index contributed by atoms with van der Waals surface area (Å²) >= 11 is 0. The summed E-state index contributed by atoms with van der Waals surface area (Å²) in [6, 6.07) is 3.18. The number of carbonyl (C=O) groups is 1. The van der Waals surface area contributed by atoms with Gasteiger partial charge in [0.1, 0.15) is 10.6 Å². The Hall–Kier alpha value is -3.07. The first-order valence-corrected chi connectivity index (χ1v) is 13.6. The van der Waals surface area contributed by atoms with Gasteiger partial charge in [0, 0.05) is 43.9 Å². The lowest BCUT2D eigenvalue weighted by Crippen LogP contribution is -2.40. The summed E-state index contributed by atoms with van der Waals surface area (Å²) in [7, 11) is -4.14. The van der Waals surface area contributed by atoms with Gasteiger partial charge in [-0.2, -0.15) is 9.40 Å². The van der Waals surface area contributed by atoms with Gasteiger partial charge in [0.2, 0.25) is 15.9 Å². The molecule has 0 aliphatic carbocycles. The van der Waals surface area contributed by atoms with E-state index >= 15 is 0 Å². The van der Waals surface area contributed by atoms with Crippen molar-refractivity contribution in [2.75, 3.05) is 39.5 Å². The molecule has 2 aliphatic rings. The molecule has 1 amide bonds. The third-order valence-electron chi connectivity index (χ3n) is 6.24. The zero-order chi connectivity index (χ0) is 26.7. The zero-order valence-corrected chi connectivity index (χ0v) is 21.8. The monoisotopic (exact) mass is 537 g/mol. The number of morpholine rings is 1. The standard InChI is InChI=1S/C23H31N5O8S/c1-15(2)27-23(16(3)21(25-27)22(29)24-14-18-5-4-10-35-18)36-19-7-6-17(28(30)31)13-20(19)37(32,33)26-8-11-34-12-9-26/h6-7,13,15,18H,4-5,8-12,14H2,1-3H3,(H,24,29)/t18-/m1/s1. The quantitative estimate of drug-likeness (QED) is 0.375. The average molecular weight is 538 g/mol. The molecule has 1 aromatic carbocycles. The van der Waals surface area contributed by atoms with Crippen molar-refractivity contribution in [3.05, 3.63) is 39.6 Å². The summed E-state index contributed by atoms with van der Waals surface area (Å²) < 4.78 is 46.5. The van der Waals surface area contributed by atoms with Crippen molar-refractivity contribution in [3.8, 4) is 11.6 Å². The van der Waals surface area contributed by atoms with Crippen molar-refractivity contribution in [3.63, 3.8) is 0 Å². The number of nitro benzene ring substituents is 1. The summed E-state index contributed by atoms with van der Waals surface area (Å²) in [5.41, 5.74) is 0.162. The SMILES string of the molecule is Cc1c(C(=O)NC[C@H]2CCCO2)nn(C(C)C)c1Oc1ccc([N+](=O)[O-])cc1S(=O)(=O)N1CCOCC1. The number of hydrogen-bond donors (Lipinski definition) is 1. The first kappa shape index (κ1) is 27.0. The van der Waals surface area contributed by atoms with Crippen LogP contribution >= 0.6 is 0 Å². The van der Waals surface area contributed by atoms with Crippen LogP contribution in [0, 0.1) is 17.0 Å². The Kier molecular flexibility index (Phi) is 8.11. The number of nitro groups is 1. The number of aromatic nitrogens is 2. The number of nitrogens with one attached hydrogen (secondary N) is 1. The molecule has 37 heavy (non-hydrogen) atoms. The molecule has 0 spiro atoms. The summed E-state index contributed by atoms with van der Waals surface area (Å²) in [6.07, 6.45) is 1.78. The molecule has 0 unspecified atom stereocenters. The van der Waals surface area contributed by atoms with E-state index in [1.165, 1.54) is 21.1 Å². The minimum absolute atomic E-state index is 0.0415. The van der Waals surface area contributed by atoms with Crippen LogP contribution in [0.1, 0.15) is 48.8 Å². The number of hydrogen-bond acceptors (Lipinski definition) is 9. The normalized spacial score (nSPS) is 18.8. The molecule has 2 aromatic rings. The first-order chi connectivity index (χ1) is 17.6. The predicted octanol–water partition coefficient (Wildman–Crippen LogP) is 2.40. The molecule has 2 fully saturated rings. The molecule has 2 aliphatic heterocycles. The Bertz CT molecular complexity index is 1260. The van der Waals surface area contributed by atoms with E-state index in [1.54, 1.807) is 6.92 Å². The number of rotatable bonds is 9. The van der Waals surface area contributed by atoms with E-state index in [9.17, 15) is 23.3 Å².